The van der Waals surface area contributed by atoms with Crippen LogP contribution in [0.4, 0.5) is 5.82 Å². The van der Waals surface area contributed by atoms with Crippen molar-refractivity contribution in [1.29, 1.82) is 5.26 Å². The molecule has 0 spiro atoms. The maximum atomic E-state index is 9.39. The SMILES string of the molecule is CC1CN(c2nc3ccccc3cc2C#N)CC(C)O1. The number of hydrogen-bond acceptors (Lipinski definition) is 4. The van der Waals surface area contributed by atoms with E-state index in [4.69, 9.17) is 4.74 Å². The molecule has 0 bridgehead atoms. The van der Waals surface area contributed by atoms with Crippen molar-refractivity contribution in [1.82, 2.24) is 4.98 Å². The first-order valence-electron chi connectivity index (χ1n) is 6.87. The van der Waals surface area contributed by atoms with Gasteiger partial charge in [0.1, 0.15) is 11.9 Å². The van der Waals surface area contributed by atoms with Crippen LogP contribution in [-0.4, -0.2) is 30.3 Å². The molecule has 1 saturated heterocycles. The molecule has 102 valence electrons. The third kappa shape index (κ3) is 2.33. The largest absolute Gasteiger partial charge is 0.372 e. The fourth-order valence-electron chi connectivity index (χ4n) is 2.78. The Labute approximate surface area is 118 Å². The highest BCUT2D eigenvalue weighted by atomic mass is 16.5. The van der Waals surface area contributed by atoms with Crippen molar-refractivity contribution in [3.63, 3.8) is 0 Å². The first kappa shape index (κ1) is 12.9. The molecule has 0 saturated carbocycles. The Balaban J connectivity index is 2.08. The summed E-state index contributed by atoms with van der Waals surface area (Å²) in [5, 5.41) is 10.4. The van der Waals surface area contributed by atoms with E-state index in [-0.39, 0.29) is 12.2 Å². The fourth-order valence-corrected chi connectivity index (χ4v) is 2.78. The molecular weight excluding hydrogens is 250 g/mol. The molecule has 1 aromatic carbocycles. The lowest BCUT2D eigenvalue weighted by Gasteiger charge is -2.36. The number of ether oxygens (including phenoxy) is 1. The van der Waals surface area contributed by atoms with E-state index in [1.54, 1.807) is 0 Å². The van der Waals surface area contributed by atoms with Crippen LogP contribution in [0.1, 0.15) is 19.4 Å². The van der Waals surface area contributed by atoms with Crippen molar-refractivity contribution in [2.24, 2.45) is 0 Å². The maximum absolute atomic E-state index is 9.39. The Hall–Kier alpha value is -2.12. The second-order valence-electron chi connectivity index (χ2n) is 5.33. The predicted molar refractivity (Wildman–Crippen MR) is 78.7 cm³/mol. The minimum absolute atomic E-state index is 0.151. The molecule has 0 amide bonds. The van der Waals surface area contributed by atoms with E-state index in [1.165, 1.54) is 0 Å². The van der Waals surface area contributed by atoms with Crippen molar-refractivity contribution in [2.75, 3.05) is 18.0 Å². The van der Waals surface area contributed by atoms with Gasteiger partial charge in [0.15, 0.2) is 0 Å². The smallest absolute Gasteiger partial charge is 0.147 e. The lowest BCUT2D eigenvalue weighted by atomic mass is 10.1. The normalized spacial score (nSPS) is 22.8. The van der Waals surface area contributed by atoms with E-state index in [0.717, 1.165) is 29.8 Å². The maximum Gasteiger partial charge on any atom is 0.147 e. The summed E-state index contributed by atoms with van der Waals surface area (Å²) in [5.74, 6) is 0.771. The molecule has 1 aliphatic rings. The summed E-state index contributed by atoms with van der Waals surface area (Å²) in [4.78, 5) is 6.84. The number of nitrogens with zero attached hydrogens (tertiary/aromatic N) is 3. The highest BCUT2D eigenvalue weighted by Gasteiger charge is 2.25. The molecule has 20 heavy (non-hydrogen) atoms. The number of benzene rings is 1. The molecular formula is C16H17N3O. The molecule has 2 unspecified atom stereocenters. The number of nitriles is 1. The first-order chi connectivity index (χ1) is 9.67. The summed E-state index contributed by atoms with van der Waals surface area (Å²) < 4.78 is 5.75. The monoisotopic (exact) mass is 267 g/mol. The average molecular weight is 267 g/mol. The summed E-state index contributed by atoms with van der Waals surface area (Å²) >= 11 is 0. The number of morpholine rings is 1. The van der Waals surface area contributed by atoms with Crippen molar-refractivity contribution in [2.45, 2.75) is 26.1 Å². The third-order valence-electron chi connectivity index (χ3n) is 3.54. The van der Waals surface area contributed by atoms with Gasteiger partial charge in [-0.1, -0.05) is 18.2 Å². The molecule has 3 rings (SSSR count). The summed E-state index contributed by atoms with van der Waals surface area (Å²) in [5.41, 5.74) is 1.55. The second-order valence-corrected chi connectivity index (χ2v) is 5.33. The standard InChI is InChI=1S/C16H17N3O/c1-11-9-19(10-12(2)20-11)16-14(8-17)7-13-5-3-4-6-15(13)18-16/h3-7,11-12H,9-10H2,1-2H3. The Bertz CT molecular complexity index is 667. The van der Waals surface area contributed by atoms with Gasteiger partial charge in [-0.2, -0.15) is 5.26 Å². The van der Waals surface area contributed by atoms with Crippen LogP contribution in [0.25, 0.3) is 10.9 Å². The number of aromatic nitrogens is 1. The molecule has 0 aliphatic carbocycles. The van der Waals surface area contributed by atoms with Gasteiger partial charge in [-0.05, 0) is 26.0 Å². The summed E-state index contributed by atoms with van der Waals surface area (Å²) in [7, 11) is 0. The van der Waals surface area contributed by atoms with Crippen LogP contribution in [-0.2, 0) is 4.74 Å². The van der Waals surface area contributed by atoms with Gasteiger partial charge in [-0.25, -0.2) is 4.98 Å². The molecule has 0 radical (unpaired) electrons. The molecule has 2 aromatic rings. The van der Waals surface area contributed by atoms with Crippen LogP contribution >= 0.6 is 0 Å². The van der Waals surface area contributed by atoms with E-state index in [9.17, 15) is 5.26 Å². The zero-order valence-electron chi connectivity index (χ0n) is 11.7. The van der Waals surface area contributed by atoms with Crippen LogP contribution in [0.3, 0.4) is 0 Å². The Morgan fingerprint density at radius 3 is 2.65 bits per heavy atom. The number of fused-ring (bicyclic) bond motifs is 1. The number of rotatable bonds is 1. The van der Waals surface area contributed by atoms with E-state index in [1.807, 2.05) is 30.3 Å². The van der Waals surface area contributed by atoms with E-state index < -0.39 is 0 Å². The molecule has 2 atom stereocenters. The van der Waals surface area contributed by atoms with Crippen LogP contribution in [0.2, 0.25) is 0 Å². The van der Waals surface area contributed by atoms with E-state index >= 15 is 0 Å². The van der Waals surface area contributed by atoms with E-state index in [0.29, 0.717) is 5.56 Å². The minimum atomic E-state index is 0.151. The van der Waals surface area contributed by atoms with Gasteiger partial charge >= 0.3 is 0 Å². The van der Waals surface area contributed by atoms with Gasteiger partial charge in [0.05, 0.1) is 23.3 Å². The lowest BCUT2D eigenvalue weighted by Crippen LogP contribution is -2.46. The molecule has 4 nitrogen and oxygen atoms in total. The van der Waals surface area contributed by atoms with Crippen LogP contribution in [0.15, 0.2) is 30.3 Å². The molecule has 2 heterocycles. The predicted octanol–water partition coefficient (Wildman–Crippen LogP) is 2.72. The number of para-hydroxylation sites is 1. The van der Waals surface area contributed by atoms with Gasteiger partial charge in [-0.15, -0.1) is 0 Å². The molecule has 1 aromatic heterocycles. The minimum Gasteiger partial charge on any atom is -0.372 e. The third-order valence-corrected chi connectivity index (χ3v) is 3.54. The fraction of sp³-hybridized carbons (Fsp3) is 0.375. The van der Waals surface area contributed by atoms with Gasteiger partial charge in [0, 0.05) is 18.5 Å². The van der Waals surface area contributed by atoms with Gasteiger partial charge in [-0.3, -0.25) is 0 Å². The number of pyridine rings is 1. The van der Waals surface area contributed by atoms with Crippen LogP contribution in [0, 0.1) is 11.3 Å². The molecule has 1 fully saturated rings. The molecule has 0 N–H and O–H groups in total. The Morgan fingerprint density at radius 1 is 1.25 bits per heavy atom. The van der Waals surface area contributed by atoms with Crippen molar-refractivity contribution in [3.8, 4) is 6.07 Å². The number of anilines is 1. The summed E-state index contributed by atoms with van der Waals surface area (Å²) in [6, 6.07) is 12.1. The summed E-state index contributed by atoms with van der Waals surface area (Å²) in [6.45, 7) is 5.64. The average Bonchev–Trinajstić information content (AvgIpc) is 2.44. The quantitative estimate of drug-likeness (QED) is 0.797. The zero-order chi connectivity index (χ0) is 14.1. The van der Waals surface area contributed by atoms with E-state index in [2.05, 4.69) is 29.8 Å². The van der Waals surface area contributed by atoms with Crippen molar-refractivity contribution < 1.29 is 4.74 Å². The highest BCUT2D eigenvalue weighted by molar-refractivity contribution is 5.83. The van der Waals surface area contributed by atoms with Gasteiger partial charge in [0.2, 0.25) is 0 Å². The number of hydrogen-bond donors (Lipinski definition) is 0. The van der Waals surface area contributed by atoms with Crippen LogP contribution < -0.4 is 4.90 Å². The van der Waals surface area contributed by atoms with Gasteiger partial charge in [0.25, 0.3) is 0 Å². The Kier molecular flexibility index (Phi) is 3.29. The lowest BCUT2D eigenvalue weighted by molar-refractivity contribution is -0.00545. The highest BCUT2D eigenvalue weighted by Crippen LogP contribution is 2.25. The van der Waals surface area contributed by atoms with Crippen LogP contribution in [0.5, 0.6) is 0 Å². The second kappa shape index (κ2) is 5.10. The topological polar surface area (TPSA) is 49.2 Å². The molecule has 1 aliphatic heterocycles. The summed E-state index contributed by atoms with van der Waals surface area (Å²) in [6.07, 6.45) is 0.303. The van der Waals surface area contributed by atoms with Crippen molar-refractivity contribution >= 4 is 16.7 Å². The zero-order valence-corrected chi connectivity index (χ0v) is 11.7. The van der Waals surface area contributed by atoms with Gasteiger partial charge < -0.3 is 9.64 Å². The first-order valence-corrected chi connectivity index (χ1v) is 6.87. The Morgan fingerprint density at radius 2 is 1.95 bits per heavy atom. The van der Waals surface area contributed by atoms with Crippen molar-refractivity contribution in [3.05, 3.63) is 35.9 Å². The molecule has 4 heteroatoms.